The van der Waals surface area contributed by atoms with Crippen LogP contribution in [-0.4, -0.2) is 60.5 Å². The normalized spacial score (nSPS) is 14.7. The van der Waals surface area contributed by atoms with Crippen molar-refractivity contribution in [2.45, 2.75) is 148 Å². The number of hydrogen-bond donors (Lipinski definition) is 3. The molecule has 10 nitrogen and oxygen atoms in total. The summed E-state index contributed by atoms with van der Waals surface area (Å²) in [7, 11) is -4.40. The molecule has 0 fully saturated rings. The van der Waals surface area contributed by atoms with Crippen LogP contribution in [0.25, 0.3) is 0 Å². The quantitative estimate of drug-likeness (QED) is 0.0253. The first-order chi connectivity index (χ1) is 24.2. The smallest absolute Gasteiger partial charge is 0.462 e. The number of carbonyl (C=O) groups is 2. The third kappa shape index (κ3) is 34.1. The van der Waals surface area contributed by atoms with Crippen LogP contribution in [0.5, 0.6) is 0 Å². The van der Waals surface area contributed by atoms with Crippen molar-refractivity contribution in [3.63, 3.8) is 0 Å². The van der Waals surface area contributed by atoms with E-state index >= 15 is 0 Å². The zero-order valence-corrected chi connectivity index (χ0v) is 31.9. The van der Waals surface area contributed by atoms with Crippen molar-refractivity contribution in [3.05, 3.63) is 60.8 Å². The fraction of sp³-hybridized carbons (Fsp3) is 0.692. The van der Waals surface area contributed by atoms with Crippen LogP contribution in [-0.2, 0) is 32.7 Å². The van der Waals surface area contributed by atoms with Crippen molar-refractivity contribution < 1.29 is 42.7 Å². The maximum absolute atomic E-state index is 12.5. The average molecular weight is 726 g/mol. The van der Waals surface area contributed by atoms with Crippen molar-refractivity contribution in [1.82, 2.24) is 0 Å². The van der Waals surface area contributed by atoms with E-state index in [9.17, 15) is 24.2 Å². The third-order valence-electron chi connectivity index (χ3n) is 7.45. The first-order valence-corrected chi connectivity index (χ1v) is 20.3. The minimum atomic E-state index is -4.40. The van der Waals surface area contributed by atoms with Crippen molar-refractivity contribution in [2.24, 2.45) is 5.73 Å². The van der Waals surface area contributed by atoms with Gasteiger partial charge in [0.25, 0.3) is 0 Å². The van der Waals surface area contributed by atoms with Gasteiger partial charge in [-0.15, -0.1) is 0 Å². The van der Waals surface area contributed by atoms with Crippen molar-refractivity contribution in [3.8, 4) is 0 Å². The molecular weight excluding hydrogens is 657 g/mol. The van der Waals surface area contributed by atoms with Gasteiger partial charge in [0.2, 0.25) is 0 Å². The molecule has 4 N–H and O–H groups in total. The van der Waals surface area contributed by atoms with Gasteiger partial charge in [-0.2, -0.15) is 0 Å². The number of hydrogen-bond acceptors (Lipinski definition) is 9. The van der Waals surface area contributed by atoms with Crippen LogP contribution in [0.3, 0.4) is 0 Å². The van der Waals surface area contributed by atoms with Crippen LogP contribution in [0.4, 0.5) is 0 Å². The second-order valence-electron chi connectivity index (χ2n) is 12.3. The lowest BCUT2D eigenvalue weighted by Gasteiger charge is -2.19. The minimum absolute atomic E-state index is 0.0342. The van der Waals surface area contributed by atoms with E-state index in [0.29, 0.717) is 19.3 Å². The van der Waals surface area contributed by atoms with Gasteiger partial charge in [-0.3, -0.25) is 18.6 Å². The van der Waals surface area contributed by atoms with E-state index in [1.807, 2.05) is 24.3 Å². The SMILES string of the molecule is CCCC/C=C\CCCCCCCC(=O)OC[C@H](COP(=O)(O)OCCN)OC(=O)CCC/C=C\C/C=C\C/C=C\C/C=C\[C@H](O)CCCC. The van der Waals surface area contributed by atoms with E-state index in [-0.39, 0.29) is 38.7 Å². The summed E-state index contributed by atoms with van der Waals surface area (Å²) in [5, 5.41) is 9.79. The number of carbonyl (C=O) groups excluding carboxylic acids is 2. The van der Waals surface area contributed by atoms with Gasteiger partial charge in [-0.25, -0.2) is 4.57 Å². The summed E-state index contributed by atoms with van der Waals surface area (Å²) < 4.78 is 32.5. The van der Waals surface area contributed by atoms with E-state index in [0.717, 1.165) is 77.0 Å². The Labute approximate surface area is 302 Å². The van der Waals surface area contributed by atoms with Gasteiger partial charge in [0.15, 0.2) is 6.10 Å². The fourth-order valence-corrected chi connectivity index (χ4v) is 5.33. The highest BCUT2D eigenvalue weighted by molar-refractivity contribution is 7.47. The maximum atomic E-state index is 12.5. The molecule has 0 aliphatic heterocycles. The van der Waals surface area contributed by atoms with Crippen molar-refractivity contribution in [1.29, 1.82) is 0 Å². The first kappa shape index (κ1) is 47.7. The lowest BCUT2D eigenvalue weighted by atomic mass is 10.1. The number of unbranched alkanes of at least 4 members (excludes halogenated alkanes) is 9. The number of allylic oxidation sites excluding steroid dienone is 9. The Morgan fingerprint density at radius 1 is 0.680 bits per heavy atom. The van der Waals surface area contributed by atoms with Gasteiger partial charge >= 0.3 is 19.8 Å². The van der Waals surface area contributed by atoms with E-state index in [2.05, 4.69) is 50.3 Å². The van der Waals surface area contributed by atoms with Gasteiger partial charge in [0.05, 0.1) is 19.3 Å². The predicted octanol–water partition coefficient (Wildman–Crippen LogP) is 9.13. The molecule has 0 amide bonds. The van der Waals surface area contributed by atoms with Crippen molar-refractivity contribution >= 4 is 19.8 Å². The number of esters is 2. The summed E-state index contributed by atoms with van der Waals surface area (Å²) in [6.45, 7) is 3.41. The van der Waals surface area contributed by atoms with Gasteiger partial charge in [-0.1, -0.05) is 120 Å². The minimum Gasteiger partial charge on any atom is -0.462 e. The van der Waals surface area contributed by atoms with Gasteiger partial charge in [0.1, 0.15) is 6.61 Å². The first-order valence-electron chi connectivity index (χ1n) is 18.9. The Kier molecular flexibility index (Phi) is 33.5. The molecule has 0 saturated carbocycles. The molecular formula is C39H68NO9P. The summed E-state index contributed by atoms with van der Waals surface area (Å²) in [6, 6.07) is 0. The molecule has 0 radical (unpaired) electrons. The summed E-state index contributed by atoms with van der Waals surface area (Å²) in [5.41, 5.74) is 5.32. The maximum Gasteiger partial charge on any atom is 0.472 e. The van der Waals surface area contributed by atoms with Crippen LogP contribution >= 0.6 is 7.82 Å². The molecule has 0 aliphatic rings. The van der Waals surface area contributed by atoms with Crippen LogP contribution in [0.1, 0.15) is 136 Å². The van der Waals surface area contributed by atoms with E-state index in [4.69, 9.17) is 24.3 Å². The zero-order chi connectivity index (χ0) is 37.0. The van der Waals surface area contributed by atoms with Crippen LogP contribution < -0.4 is 5.73 Å². The molecule has 0 bridgehead atoms. The second kappa shape index (κ2) is 35.1. The van der Waals surface area contributed by atoms with E-state index in [1.54, 1.807) is 0 Å². The number of nitrogens with two attached hydrogens (primary N) is 1. The molecule has 0 rings (SSSR count). The molecule has 0 spiro atoms. The molecule has 288 valence electrons. The summed E-state index contributed by atoms with van der Waals surface area (Å²) in [5.74, 6) is -0.936. The van der Waals surface area contributed by atoms with Crippen LogP contribution in [0, 0.1) is 0 Å². The van der Waals surface area contributed by atoms with E-state index in [1.165, 1.54) is 12.8 Å². The average Bonchev–Trinajstić information content (AvgIpc) is 3.10. The molecule has 0 aromatic carbocycles. The second-order valence-corrected chi connectivity index (χ2v) is 13.7. The topological polar surface area (TPSA) is 155 Å². The summed E-state index contributed by atoms with van der Waals surface area (Å²) in [6.07, 6.45) is 36.0. The molecule has 1 unspecified atom stereocenters. The molecule has 50 heavy (non-hydrogen) atoms. The van der Waals surface area contributed by atoms with Crippen molar-refractivity contribution in [2.75, 3.05) is 26.4 Å². The summed E-state index contributed by atoms with van der Waals surface area (Å²) in [4.78, 5) is 34.6. The lowest BCUT2D eigenvalue weighted by Crippen LogP contribution is -2.29. The summed E-state index contributed by atoms with van der Waals surface area (Å²) >= 11 is 0. The van der Waals surface area contributed by atoms with E-state index < -0.39 is 32.5 Å². The highest BCUT2D eigenvalue weighted by atomic mass is 31.2. The Morgan fingerprint density at radius 2 is 1.24 bits per heavy atom. The Bertz CT molecular complexity index is 1030. The third-order valence-corrected chi connectivity index (χ3v) is 8.43. The fourth-order valence-electron chi connectivity index (χ4n) is 4.57. The highest BCUT2D eigenvalue weighted by Crippen LogP contribution is 2.43. The zero-order valence-electron chi connectivity index (χ0n) is 31.0. The number of phosphoric acid groups is 1. The van der Waals surface area contributed by atoms with Crippen LogP contribution in [0.15, 0.2) is 60.8 Å². The molecule has 0 aliphatic carbocycles. The highest BCUT2D eigenvalue weighted by Gasteiger charge is 2.25. The molecule has 0 heterocycles. The molecule has 3 atom stereocenters. The van der Waals surface area contributed by atoms with Gasteiger partial charge in [0, 0.05) is 19.4 Å². The monoisotopic (exact) mass is 725 g/mol. The predicted molar refractivity (Wildman–Crippen MR) is 202 cm³/mol. The Morgan fingerprint density at radius 3 is 1.92 bits per heavy atom. The molecule has 11 heteroatoms. The number of ether oxygens (including phenoxy) is 2. The lowest BCUT2D eigenvalue weighted by molar-refractivity contribution is -0.161. The molecule has 0 aromatic rings. The largest absolute Gasteiger partial charge is 0.472 e. The number of rotatable bonds is 34. The number of aliphatic hydroxyl groups is 1. The number of aliphatic hydroxyl groups excluding tert-OH is 1. The van der Waals surface area contributed by atoms with Crippen LogP contribution in [0.2, 0.25) is 0 Å². The van der Waals surface area contributed by atoms with Gasteiger partial charge < -0.3 is 25.2 Å². The molecule has 0 saturated heterocycles. The number of phosphoric ester groups is 1. The standard InChI is InChI=1S/C39H68NO9P/c1-3-5-7-8-9-10-13-17-20-23-26-30-38(42)46-34-37(35-48-50(44,45)47-33-32-40)49-39(43)31-27-24-21-18-15-12-11-14-16-19-22-25-29-36(41)28-6-4-2/h8-9,11-12,16,18-19,21,25,29,36-37,41H,3-7,10,13-15,17,20,22-24,26-28,30-35,40H2,1-2H3,(H,44,45)/b9-8-,12-11-,19-16-,21-18-,29-25-/t36-,37-/m1/s1. The van der Waals surface area contributed by atoms with Gasteiger partial charge in [-0.05, 0) is 64.2 Å². The Balaban J connectivity index is 4.39. The molecule has 0 aromatic heterocycles. The Hall–Kier alpha value is -2.33.